The first-order valence-electron chi connectivity index (χ1n) is 10.6. The monoisotopic (exact) mass is 425 g/mol. The predicted molar refractivity (Wildman–Crippen MR) is 130 cm³/mol. The molecule has 32 heavy (non-hydrogen) atoms. The Morgan fingerprint density at radius 1 is 0.781 bits per heavy atom. The quantitative estimate of drug-likeness (QED) is 0.408. The molecule has 0 unspecified atom stereocenters. The molecule has 4 rings (SSSR count). The van der Waals surface area contributed by atoms with Crippen LogP contribution in [0.3, 0.4) is 0 Å². The van der Waals surface area contributed by atoms with Gasteiger partial charge in [0.15, 0.2) is 11.5 Å². The van der Waals surface area contributed by atoms with Crippen LogP contribution in [-0.2, 0) is 6.54 Å². The van der Waals surface area contributed by atoms with Crippen molar-refractivity contribution >= 4 is 16.7 Å². The summed E-state index contributed by atoms with van der Waals surface area (Å²) in [6, 6.07) is 24.2. The first-order valence-corrected chi connectivity index (χ1v) is 10.6. The number of carbonyl (C=O) groups excluding carboxylic acids is 1. The molecule has 0 spiro atoms. The SMILES string of the molecule is COc1cc2cc(C(=O)NCc3ccc(C)cc3)cc(-c3ccc(C)cc3)c2cc1OC. The molecule has 4 aromatic carbocycles. The molecule has 1 N–H and O–H groups in total. The maximum Gasteiger partial charge on any atom is 0.251 e. The number of methoxy groups -OCH3 is 2. The van der Waals surface area contributed by atoms with Gasteiger partial charge in [0.1, 0.15) is 0 Å². The molecule has 0 atom stereocenters. The second kappa shape index (κ2) is 9.15. The van der Waals surface area contributed by atoms with Gasteiger partial charge in [0.2, 0.25) is 0 Å². The molecule has 0 aromatic heterocycles. The highest BCUT2D eigenvalue weighted by Gasteiger charge is 2.15. The minimum absolute atomic E-state index is 0.115. The third-order valence-corrected chi connectivity index (χ3v) is 5.66. The van der Waals surface area contributed by atoms with Crippen LogP contribution in [-0.4, -0.2) is 20.1 Å². The number of ether oxygens (including phenoxy) is 2. The highest BCUT2D eigenvalue weighted by atomic mass is 16.5. The summed E-state index contributed by atoms with van der Waals surface area (Å²) >= 11 is 0. The van der Waals surface area contributed by atoms with E-state index in [4.69, 9.17) is 9.47 Å². The zero-order valence-corrected chi connectivity index (χ0v) is 18.9. The Kier molecular flexibility index (Phi) is 6.13. The molecule has 0 heterocycles. The molecule has 0 aliphatic carbocycles. The van der Waals surface area contributed by atoms with E-state index >= 15 is 0 Å². The summed E-state index contributed by atoms with van der Waals surface area (Å²) in [4.78, 5) is 13.1. The summed E-state index contributed by atoms with van der Waals surface area (Å²) in [6.45, 7) is 4.58. The molecular formula is C28H27NO3. The summed E-state index contributed by atoms with van der Waals surface area (Å²) in [5.41, 5.74) is 6.07. The second-order valence-corrected chi connectivity index (χ2v) is 7.99. The average molecular weight is 426 g/mol. The number of aryl methyl sites for hydroxylation is 2. The molecule has 0 aliphatic heterocycles. The van der Waals surface area contributed by atoms with Crippen LogP contribution in [0.25, 0.3) is 21.9 Å². The van der Waals surface area contributed by atoms with Crippen LogP contribution < -0.4 is 14.8 Å². The lowest BCUT2D eigenvalue weighted by Crippen LogP contribution is -2.22. The summed E-state index contributed by atoms with van der Waals surface area (Å²) in [5, 5.41) is 4.96. The summed E-state index contributed by atoms with van der Waals surface area (Å²) < 4.78 is 11.0. The number of amides is 1. The molecule has 0 bridgehead atoms. The van der Waals surface area contributed by atoms with Gasteiger partial charge in [-0.1, -0.05) is 59.7 Å². The average Bonchev–Trinajstić information content (AvgIpc) is 2.82. The van der Waals surface area contributed by atoms with Crippen molar-refractivity contribution in [2.75, 3.05) is 14.2 Å². The molecule has 0 saturated heterocycles. The number of hydrogen-bond acceptors (Lipinski definition) is 3. The lowest BCUT2D eigenvalue weighted by Gasteiger charge is -2.15. The lowest BCUT2D eigenvalue weighted by atomic mass is 9.94. The van der Waals surface area contributed by atoms with Gasteiger partial charge in [-0.2, -0.15) is 0 Å². The number of hydrogen-bond donors (Lipinski definition) is 1. The van der Waals surface area contributed by atoms with Crippen molar-refractivity contribution in [1.82, 2.24) is 5.32 Å². The molecule has 1 amide bonds. The van der Waals surface area contributed by atoms with Crippen molar-refractivity contribution in [2.45, 2.75) is 20.4 Å². The van der Waals surface area contributed by atoms with E-state index in [1.807, 2.05) is 55.5 Å². The Morgan fingerprint density at radius 3 is 2.00 bits per heavy atom. The smallest absolute Gasteiger partial charge is 0.251 e. The maximum atomic E-state index is 13.1. The van der Waals surface area contributed by atoms with E-state index in [0.29, 0.717) is 23.6 Å². The summed E-state index contributed by atoms with van der Waals surface area (Å²) in [6.07, 6.45) is 0. The summed E-state index contributed by atoms with van der Waals surface area (Å²) in [5.74, 6) is 1.17. The highest BCUT2D eigenvalue weighted by Crippen LogP contribution is 2.38. The zero-order chi connectivity index (χ0) is 22.7. The van der Waals surface area contributed by atoms with E-state index in [2.05, 4.69) is 36.5 Å². The minimum Gasteiger partial charge on any atom is -0.493 e. The van der Waals surface area contributed by atoms with Crippen LogP contribution in [0.5, 0.6) is 11.5 Å². The fourth-order valence-corrected chi connectivity index (χ4v) is 3.78. The van der Waals surface area contributed by atoms with Crippen molar-refractivity contribution < 1.29 is 14.3 Å². The minimum atomic E-state index is -0.115. The van der Waals surface area contributed by atoms with Crippen LogP contribution in [0, 0.1) is 13.8 Å². The van der Waals surface area contributed by atoms with E-state index in [1.165, 1.54) is 11.1 Å². The van der Waals surface area contributed by atoms with Crippen LogP contribution in [0.1, 0.15) is 27.0 Å². The van der Waals surface area contributed by atoms with Gasteiger partial charge in [0, 0.05) is 12.1 Å². The number of fused-ring (bicyclic) bond motifs is 1. The Hall–Kier alpha value is -3.79. The Morgan fingerprint density at radius 2 is 1.38 bits per heavy atom. The van der Waals surface area contributed by atoms with Gasteiger partial charge in [-0.25, -0.2) is 0 Å². The Balaban J connectivity index is 1.77. The number of benzene rings is 4. The maximum absolute atomic E-state index is 13.1. The normalized spacial score (nSPS) is 10.8. The summed E-state index contributed by atoms with van der Waals surface area (Å²) in [7, 11) is 3.24. The van der Waals surface area contributed by atoms with Crippen molar-refractivity contribution in [3.63, 3.8) is 0 Å². The molecule has 0 radical (unpaired) electrons. The Labute approximate surface area is 188 Å². The van der Waals surface area contributed by atoms with Crippen LogP contribution in [0.2, 0.25) is 0 Å². The first kappa shape index (κ1) is 21.4. The van der Waals surface area contributed by atoms with E-state index in [1.54, 1.807) is 14.2 Å². The molecule has 4 nitrogen and oxygen atoms in total. The zero-order valence-electron chi connectivity index (χ0n) is 18.9. The number of carbonyl (C=O) groups is 1. The fourth-order valence-electron chi connectivity index (χ4n) is 3.78. The van der Waals surface area contributed by atoms with Gasteiger partial charge in [-0.05, 0) is 65.6 Å². The standard InChI is InChI=1S/C28H27NO3/c1-18-5-9-20(10-6-18)17-29-28(30)23-13-22-15-26(31-3)27(32-4)16-25(22)24(14-23)21-11-7-19(2)8-12-21/h5-16H,17H2,1-4H3,(H,29,30). The molecule has 162 valence electrons. The van der Waals surface area contributed by atoms with Gasteiger partial charge < -0.3 is 14.8 Å². The van der Waals surface area contributed by atoms with Crippen molar-refractivity contribution in [3.05, 3.63) is 95.1 Å². The van der Waals surface area contributed by atoms with Gasteiger partial charge >= 0.3 is 0 Å². The lowest BCUT2D eigenvalue weighted by molar-refractivity contribution is 0.0951. The van der Waals surface area contributed by atoms with Crippen molar-refractivity contribution in [2.24, 2.45) is 0 Å². The number of nitrogens with one attached hydrogen (secondary N) is 1. The molecule has 4 aromatic rings. The van der Waals surface area contributed by atoms with Crippen LogP contribution in [0.4, 0.5) is 0 Å². The Bertz CT molecular complexity index is 1260. The van der Waals surface area contributed by atoms with Gasteiger partial charge in [-0.15, -0.1) is 0 Å². The van der Waals surface area contributed by atoms with Crippen molar-refractivity contribution in [1.29, 1.82) is 0 Å². The van der Waals surface area contributed by atoms with E-state index in [9.17, 15) is 4.79 Å². The third-order valence-electron chi connectivity index (χ3n) is 5.66. The molecule has 4 heteroatoms. The highest BCUT2D eigenvalue weighted by molar-refractivity contribution is 6.05. The fraction of sp³-hybridized carbons (Fsp3) is 0.179. The molecular weight excluding hydrogens is 398 g/mol. The van der Waals surface area contributed by atoms with Crippen LogP contribution >= 0.6 is 0 Å². The van der Waals surface area contributed by atoms with Crippen LogP contribution in [0.15, 0.2) is 72.8 Å². The molecule has 0 aliphatic rings. The second-order valence-electron chi connectivity index (χ2n) is 7.99. The topological polar surface area (TPSA) is 47.6 Å². The first-order chi connectivity index (χ1) is 15.5. The van der Waals surface area contributed by atoms with Gasteiger partial charge in [-0.3, -0.25) is 4.79 Å². The largest absolute Gasteiger partial charge is 0.493 e. The van der Waals surface area contributed by atoms with E-state index in [-0.39, 0.29) is 5.91 Å². The van der Waals surface area contributed by atoms with Gasteiger partial charge in [0.05, 0.1) is 14.2 Å². The van der Waals surface area contributed by atoms with Gasteiger partial charge in [0.25, 0.3) is 5.91 Å². The van der Waals surface area contributed by atoms with Crippen molar-refractivity contribution in [3.8, 4) is 22.6 Å². The van der Waals surface area contributed by atoms with E-state index in [0.717, 1.165) is 27.5 Å². The third kappa shape index (κ3) is 4.45. The molecule has 0 saturated carbocycles. The molecule has 0 fully saturated rings. The number of rotatable bonds is 6. The van der Waals surface area contributed by atoms with E-state index < -0.39 is 0 Å². The predicted octanol–water partition coefficient (Wildman–Crippen LogP) is 6.07.